The fourth-order valence-electron chi connectivity index (χ4n) is 3.48. The quantitative estimate of drug-likeness (QED) is 0.307. The summed E-state index contributed by atoms with van der Waals surface area (Å²) in [5, 5.41) is 3.40. The Bertz CT molecular complexity index is 1160. The third-order valence-electron chi connectivity index (χ3n) is 5.21. The van der Waals surface area contributed by atoms with Gasteiger partial charge in [0.2, 0.25) is 0 Å². The lowest BCUT2D eigenvalue weighted by molar-refractivity contribution is -0.147. The van der Waals surface area contributed by atoms with Crippen LogP contribution in [0.1, 0.15) is 42.9 Å². The number of carbonyl (C=O) groups excluding carboxylic acids is 1. The Morgan fingerprint density at radius 1 is 0.912 bits per heavy atom. The highest BCUT2D eigenvalue weighted by atomic mass is 32.2. The van der Waals surface area contributed by atoms with Gasteiger partial charge in [-0.15, -0.1) is 0 Å². The molecule has 1 unspecified atom stereocenters. The number of ether oxygens (including phenoxy) is 1. The van der Waals surface area contributed by atoms with Crippen molar-refractivity contribution in [2.75, 3.05) is 6.54 Å². The third-order valence-corrected chi connectivity index (χ3v) is 6.47. The van der Waals surface area contributed by atoms with Gasteiger partial charge in [-0.2, -0.15) is 8.42 Å². The maximum Gasteiger partial charge on any atom is 0.339 e. The van der Waals surface area contributed by atoms with Gasteiger partial charge in [0.25, 0.3) is 0 Å². The van der Waals surface area contributed by atoms with Gasteiger partial charge in [0.15, 0.2) is 0 Å². The fraction of sp³-hybridized carbons (Fsp3) is 0.296. The SMILES string of the molecule is Cc1ccc(S(=O)(=O)Oc2ccc(C(CNCc3ccccc3)CC(=O)OC(C)C)cc2)cc1. The van der Waals surface area contributed by atoms with E-state index in [0.29, 0.717) is 13.1 Å². The standard InChI is InChI=1S/C27H31NO5S/c1-20(2)32-27(29)17-24(19-28-18-22-7-5-4-6-8-22)23-11-13-25(14-12-23)33-34(30,31)26-15-9-21(3)10-16-26/h4-16,20,24,28H,17-19H2,1-3H3. The molecule has 0 aliphatic rings. The molecular formula is C27H31NO5S. The van der Waals surface area contributed by atoms with Crippen molar-refractivity contribution in [3.8, 4) is 5.75 Å². The van der Waals surface area contributed by atoms with Crippen molar-refractivity contribution in [2.24, 2.45) is 0 Å². The smallest absolute Gasteiger partial charge is 0.339 e. The molecule has 0 aliphatic heterocycles. The van der Waals surface area contributed by atoms with E-state index in [1.54, 1.807) is 36.4 Å². The zero-order valence-corrected chi connectivity index (χ0v) is 20.5. The van der Waals surface area contributed by atoms with E-state index < -0.39 is 10.1 Å². The number of rotatable bonds is 11. The van der Waals surface area contributed by atoms with Crippen LogP contribution in [0.5, 0.6) is 5.75 Å². The van der Waals surface area contributed by atoms with Crippen molar-refractivity contribution < 1.29 is 22.1 Å². The summed E-state index contributed by atoms with van der Waals surface area (Å²) >= 11 is 0. The summed E-state index contributed by atoms with van der Waals surface area (Å²) in [5.41, 5.74) is 3.00. The molecule has 0 saturated heterocycles. The first-order valence-corrected chi connectivity index (χ1v) is 12.7. The van der Waals surface area contributed by atoms with Crippen molar-refractivity contribution in [1.82, 2.24) is 5.32 Å². The van der Waals surface area contributed by atoms with E-state index in [1.165, 1.54) is 12.1 Å². The first-order valence-electron chi connectivity index (χ1n) is 11.3. The minimum Gasteiger partial charge on any atom is -0.463 e. The van der Waals surface area contributed by atoms with Crippen molar-refractivity contribution in [2.45, 2.75) is 50.7 Å². The number of esters is 1. The van der Waals surface area contributed by atoms with Gasteiger partial charge in [-0.05, 0) is 56.2 Å². The highest BCUT2D eigenvalue weighted by Gasteiger charge is 2.20. The first kappa shape index (κ1) is 25.5. The molecule has 0 spiro atoms. The lowest BCUT2D eigenvalue weighted by Gasteiger charge is -2.19. The summed E-state index contributed by atoms with van der Waals surface area (Å²) < 4.78 is 35.8. The highest BCUT2D eigenvalue weighted by molar-refractivity contribution is 7.87. The third kappa shape index (κ3) is 7.71. The van der Waals surface area contributed by atoms with Crippen LogP contribution in [0.3, 0.4) is 0 Å². The molecule has 7 heteroatoms. The summed E-state index contributed by atoms with van der Waals surface area (Å²) in [6, 6.07) is 23.3. The zero-order valence-electron chi connectivity index (χ0n) is 19.7. The predicted molar refractivity (Wildman–Crippen MR) is 132 cm³/mol. The number of nitrogens with one attached hydrogen (secondary N) is 1. The van der Waals surface area contributed by atoms with Crippen LogP contribution in [-0.2, 0) is 26.2 Å². The summed E-state index contributed by atoms with van der Waals surface area (Å²) in [4.78, 5) is 12.5. The molecule has 0 heterocycles. The minimum absolute atomic E-state index is 0.0987. The predicted octanol–water partition coefficient (Wildman–Crippen LogP) is 4.98. The monoisotopic (exact) mass is 481 g/mol. The van der Waals surface area contributed by atoms with Gasteiger partial charge in [0.1, 0.15) is 10.6 Å². The molecule has 0 radical (unpaired) electrons. The summed E-state index contributed by atoms with van der Waals surface area (Å²) in [7, 11) is -3.93. The van der Waals surface area contributed by atoms with Crippen LogP contribution in [0.25, 0.3) is 0 Å². The van der Waals surface area contributed by atoms with Gasteiger partial charge < -0.3 is 14.2 Å². The number of hydrogen-bond donors (Lipinski definition) is 1. The van der Waals surface area contributed by atoms with E-state index in [2.05, 4.69) is 5.32 Å². The Kier molecular flexibility index (Phi) is 8.85. The minimum atomic E-state index is -3.93. The van der Waals surface area contributed by atoms with E-state index in [1.807, 2.05) is 51.1 Å². The van der Waals surface area contributed by atoms with Crippen molar-refractivity contribution in [3.63, 3.8) is 0 Å². The van der Waals surface area contributed by atoms with Crippen molar-refractivity contribution >= 4 is 16.1 Å². The molecule has 0 saturated carbocycles. The van der Waals surface area contributed by atoms with Gasteiger partial charge in [0.05, 0.1) is 12.5 Å². The average molecular weight is 482 g/mol. The van der Waals surface area contributed by atoms with E-state index in [4.69, 9.17) is 8.92 Å². The second kappa shape index (κ2) is 11.8. The molecule has 0 fully saturated rings. The van der Waals surface area contributed by atoms with Crippen LogP contribution in [0.4, 0.5) is 0 Å². The second-order valence-electron chi connectivity index (χ2n) is 8.48. The molecule has 6 nitrogen and oxygen atoms in total. The van der Waals surface area contributed by atoms with Crippen LogP contribution in [0, 0.1) is 6.92 Å². The Morgan fingerprint density at radius 3 is 2.18 bits per heavy atom. The van der Waals surface area contributed by atoms with Crippen molar-refractivity contribution in [3.05, 3.63) is 95.6 Å². The molecule has 1 N–H and O–H groups in total. The number of carbonyl (C=O) groups is 1. The summed E-state index contributed by atoms with van der Waals surface area (Å²) in [6.45, 7) is 6.76. The van der Waals surface area contributed by atoms with Crippen LogP contribution in [-0.4, -0.2) is 27.0 Å². The van der Waals surface area contributed by atoms with Crippen LogP contribution in [0.15, 0.2) is 83.8 Å². The lowest BCUT2D eigenvalue weighted by atomic mass is 9.95. The highest BCUT2D eigenvalue weighted by Crippen LogP contribution is 2.25. The van der Waals surface area contributed by atoms with E-state index in [0.717, 1.165) is 16.7 Å². The van der Waals surface area contributed by atoms with Gasteiger partial charge in [-0.3, -0.25) is 4.79 Å². The Morgan fingerprint density at radius 2 is 1.56 bits per heavy atom. The van der Waals surface area contributed by atoms with Gasteiger partial charge in [0, 0.05) is 19.0 Å². The lowest BCUT2D eigenvalue weighted by Crippen LogP contribution is -2.24. The second-order valence-corrected chi connectivity index (χ2v) is 10.0. The number of hydrogen-bond acceptors (Lipinski definition) is 6. The maximum absolute atomic E-state index is 12.6. The van der Waals surface area contributed by atoms with Gasteiger partial charge >= 0.3 is 16.1 Å². The van der Waals surface area contributed by atoms with E-state index in [-0.39, 0.29) is 35.1 Å². The molecule has 0 amide bonds. The molecule has 3 aromatic rings. The Hall–Kier alpha value is -3.16. The largest absolute Gasteiger partial charge is 0.463 e. The van der Waals surface area contributed by atoms with Gasteiger partial charge in [-0.1, -0.05) is 60.2 Å². The molecule has 34 heavy (non-hydrogen) atoms. The normalized spacial score (nSPS) is 12.4. The molecule has 0 bridgehead atoms. The van der Waals surface area contributed by atoms with E-state index in [9.17, 15) is 13.2 Å². The first-order chi connectivity index (χ1) is 16.2. The van der Waals surface area contributed by atoms with Crippen molar-refractivity contribution in [1.29, 1.82) is 0 Å². The van der Waals surface area contributed by atoms with Gasteiger partial charge in [-0.25, -0.2) is 0 Å². The van der Waals surface area contributed by atoms with Crippen LogP contribution < -0.4 is 9.50 Å². The summed E-state index contributed by atoms with van der Waals surface area (Å²) in [5.74, 6) is -0.202. The maximum atomic E-state index is 12.6. The molecule has 1 atom stereocenters. The zero-order chi connectivity index (χ0) is 24.6. The molecule has 0 aromatic heterocycles. The van der Waals surface area contributed by atoms with Crippen LogP contribution >= 0.6 is 0 Å². The Balaban J connectivity index is 1.70. The average Bonchev–Trinajstić information content (AvgIpc) is 2.79. The van der Waals surface area contributed by atoms with E-state index >= 15 is 0 Å². The molecule has 0 aliphatic carbocycles. The molecule has 3 aromatic carbocycles. The number of aryl methyl sites for hydroxylation is 1. The number of benzene rings is 3. The Labute approximate surface area is 202 Å². The molecular weight excluding hydrogens is 450 g/mol. The topological polar surface area (TPSA) is 81.7 Å². The van der Waals surface area contributed by atoms with Crippen LogP contribution in [0.2, 0.25) is 0 Å². The fourth-order valence-corrected chi connectivity index (χ4v) is 4.41. The molecule has 180 valence electrons. The summed E-state index contributed by atoms with van der Waals surface area (Å²) in [6.07, 6.45) is 0.0233. The molecule has 3 rings (SSSR count).